The van der Waals surface area contributed by atoms with Gasteiger partial charge in [0.15, 0.2) is 0 Å². The molecule has 156 valence electrons. The van der Waals surface area contributed by atoms with Crippen LogP contribution in [0, 0.1) is 0 Å². The molecule has 0 saturated heterocycles. The second-order valence-electron chi connectivity index (χ2n) is 5.48. The first kappa shape index (κ1) is 22.4. The number of alkyl halides is 6. The third-order valence-electron chi connectivity index (χ3n) is 3.42. The van der Waals surface area contributed by atoms with Crippen molar-refractivity contribution in [1.29, 1.82) is 0 Å². The van der Waals surface area contributed by atoms with Crippen LogP contribution in [-0.2, 0) is 16.0 Å². The van der Waals surface area contributed by atoms with Crippen LogP contribution in [0.3, 0.4) is 0 Å². The minimum absolute atomic E-state index is 0.0164. The zero-order chi connectivity index (χ0) is 22.0. The molecule has 0 aliphatic heterocycles. The predicted molar refractivity (Wildman–Crippen MR) is 91.2 cm³/mol. The van der Waals surface area contributed by atoms with Crippen molar-refractivity contribution in [2.45, 2.75) is 25.7 Å². The summed E-state index contributed by atoms with van der Waals surface area (Å²) in [6.45, 7) is 1.52. The van der Waals surface area contributed by atoms with Gasteiger partial charge in [-0.2, -0.15) is 31.3 Å². The van der Waals surface area contributed by atoms with Gasteiger partial charge in [-0.15, -0.1) is 0 Å². The number of rotatable bonds is 4. The maximum Gasteiger partial charge on any atom is 0.471 e. The first-order valence-corrected chi connectivity index (χ1v) is 8.14. The Morgan fingerprint density at radius 3 is 1.93 bits per heavy atom. The van der Waals surface area contributed by atoms with E-state index >= 15 is 0 Å². The monoisotopic (exact) mass is 440 g/mol. The molecule has 29 heavy (non-hydrogen) atoms. The fourth-order valence-electron chi connectivity index (χ4n) is 2.18. The van der Waals surface area contributed by atoms with E-state index in [9.17, 15) is 35.9 Å². The van der Waals surface area contributed by atoms with Gasteiger partial charge < -0.3 is 5.32 Å². The van der Waals surface area contributed by atoms with Gasteiger partial charge in [0.1, 0.15) is 5.82 Å². The summed E-state index contributed by atoms with van der Waals surface area (Å²) in [6.07, 6.45) is -10.5. The predicted octanol–water partition coefficient (Wildman–Crippen LogP) is 4.36. The number of halogens is 7. The van der Waals surface area contributed by atoms with Crippen LogP contribution >= 0.6 is 11.6 Å². The number of amides is 2. The quantitative estimate of drug-likeness (QED) is 0.692. The molecule has 2 amide bonds. The Hall–Kier alpha value is -2.89. The highest BCUT2D eigenvalue weighted by molar-refractivity contribution is 6.30. The Kier molecular flexibility index (Phi) is 6.36. The van der Waals surface area contributed by atoms with Crippen LogP contribution in [0.2, 0.25) is 5.02 Å². The second kappa shape index (κ2) is 8.23. The van der Waals surface area contributed by atoms with Gasteiger partial charge in [-0.05, 0) is 24.1 Å². The number of hydrogen-bond donors (Lipinski definition) is 2. The van der Waals surface area contributed by atoms with Gasteiger partial charge in [-0.1, -0.05) is 30.7 Å². The topological polar surface area (TPSA) is 84.0 Å². The molecule has 1 aromatic carbocycles. The number of nitrogens with one attached hydrogen (secondary N) is 2. The molecule has 0 bridgehead atoms. The normalized spacial score (nSPS) is 11.9. The lowest BCUT2D eigenvalue weighted by Gasteiger charge is -2.17. The van der Waals surface area contributed by atoms with Crippen molar-refractivity contribution >= 4 is 35.2 Å². The number of carbonyl (C=O) groups excluding carboxylic acids is 2. The zero-order valence-corrected chi connectivity index (χ0v) is 15.1. The smallest absolute Gasteiger partial charge is 0.302 e. The van der Waals surface area contributed by atoms with Crippen molar-refractivity contribution in [3.63, 3.8) is 0 Å². The molecule has 13 heteroatoms. The molecule has 2 rings (SSSR count). The van der Waals surface area contributed by atoms with Gasteiger partial charge in [0.2, 0.25) is 5.95 Å². The fourth-order valence-corrected chi connectivity index (χ4v) is 2.31. The van der Waals surface area contributed by atoms with Crippen LogP contribution in [0.5, 0.6) is 0 Å². The van der Waals surface area contributed by atoms with Gasteiger partial charge in [0, 0.05) is 10.6 Å². The molecule has 0 radical (unpaired) electrons. The van der Waals surface area contributed by atoms with Crippen molar-refractivity contribution in [2.24, 2.45) is 0 Å². The minimum Gasteiger partial charge on any atom is -0.302 e. The summed E-state index contributed by atoms with van der Waals surface area (Å²) >= 11 is 5.78. The number of hydrogen-bond acceptors (Lipinski definition) is 4. The summed E-state index contributed by atoms with van der Waals surface area (Å²) in [7, 11) is 0. The third kappa shape index (κ3) is 5.56. The second-order valence-corrected chi connectivity index (χ2v) is 5.92. The number of anilines is 2. The summed E-state index contributed by atoms with van der Waals surface area (Å²) in [4.78, 5) is 29.7. The van der Waals surface area contributed by atoms with Crippen molar-refractivity contribution in [3.8, 4) is 11.1 Å². The van der Waals surface area contributed by atoms with E-state index in [2.05, 4.69) is 9.97 Å². The molecule has 0 spiro atoms. The zero-order valence-electron chi connectivity index (χ0n) is 14.4. The van der Waals surface area contributed by atoms with Crippen LogP contribution in [-0.4, -0.2) is 34.1 Å². The average Bonchev–Trinajstić information content (AvgIpc) is 2.60. The van der Waals surface area contributed by atoms with Crippen molar-refractivity contribution < 1.29 is 35.9 Å². The lowest BCUT2D eigenvalue weighted by Crippen LogP contribution is -2.32. The Labute approximate surface area is 164 Å². The molecule has 1 heterocycles. The van der Waals surface area contributed by atoms with E-state index in [4.69, 9.17) is 11.6 Å². The van der Waals surface area contributed by atoms with E-state index in [1.54, 1.807) is 0 Å². The molecule has 2 aromatic rings. The standard InChI is InChI=1S/C16H11ClF6N4O2/c1-2-9-10(7-3-5-8(17)6-4-7)11(25-12(28)15(18,19)20)26-14(24-9)27-13(29)16(21,22)23/h3-6H,2H2,1H3,(H2,24,25,26,27,28,29). The minimum atomic E-state index is -5.29. The lowest BCUT2D eigenvalue weighted by molar-refractivity contribution is -0.167. The molecule has 0 saturated carbocycles. The summed E-state index contributed by atoms with van der Waals surface area (Å²) in [6, 6.07) is 5.62. The number of aromatic nitrogens is 2. The first-order chi connectivity index (χ1) is 13.3. The van der Waals surface area contributed by atoms with Crippen molar-refractivity contribution in [3.05, 3.63) is 35.0 Å². The summed E-state index contributed by atoms with van der Waals surface area (Å²) in [5, 5.41) is 3.18. The molecule has 0 unspecified atom stereocenters. The third-order valence-corrected chi connectivity index (χ3v) is 3.68. The molecular formula is C16H11ClF6N4O2. The number of aryl methyl sites for hydroxylation is 1. The van der Waals surface area contributed by atoms with Gasteiger partial charge in [0.25, 0.3) is 0 Å². The van der Waals surface area contributed by atoms with E-state index in [0.29, 0.717) is 5.02 Å². The fraction of sp³-hybridized carbons (Fsp3) is 0.250. The van der Waals surface area contributed by atoms with Gasteiger partial charge in [-0.3, -0.25) is 14.9 Å². The lowest BCUT2D eigenvalue weighted by atomic mass is 10.0. The highest BCUT2D eigenvalue weighted by Gasteiger charge is 2.41. The maximum absolute atomic E-state index is 12.7. The van der Waals surface area contributed by atoms with E-state index in [-0.39, 0.29) is 23.2 Å². The van der Waals surface area contributed by atoms with Gasteiger partial charge in [0.05, 0.1) is 5.69 Å². The van der Waals surface area contributed by atoms with Crippen LogP contribution in [0.25, 0.3) is 11.1 Å². The van der Waals surface area contributed by atoms with Gasteiger partial charge in [-0.25, -0.2) is 4.98 Å². The Balaban J connectivity index is 2.62. The van der Waals surface area contributed by atoms with E-state index < -0.39 is 35.9 Å². The number of nitrogens with zero attached hydrogens (tertiary/aromatic N) is 2. The molecule has 0 atom stereocenters. The first-order valence-electron chi connectivity index (χ1n) is 7.76. The number of benzene rings is 1. The molecular weight excluding hydrogens is 430 g/mol. The highest BCUT2D eigenvalue weighted by Crippen LogP contribution is 2.33. The maximum atomic E-state index is 12.7. The molecule has 0 aliphatic carbocycles. The SMILES string of the molecule is CCc1nc(NC(=O)C(F)(F)F)nc(NC(=O)C(F)(F)F)c1-c1ccc(Cl)cc1. The van der Waals surface area contributed by atoms with Crippen LogP contribution < -0.4 is 10.6 Å². The Morgan fingerprint density at radius 2 is 1.45 bits per heavy atom. The molecule has 1 aromatic heterocycles. The molecule has 0 aliphatic rings. The van der Waals surface area contributed by atoms with Crippen molar-refractivity contribution in [1.82, 2.24) is 9.97 Å². The van der Waals surface area contributed by atoms with Crippen molar-refractivity contribution in [2.75, 3.05) is 10.6 Å². The van der Waals surface area contributed by atoms with E-state index in [0.717, 1.165) is 0 Å². The van der Waals surface area contributed by atoms with Crippen LogP contribution in [0.1, 0.15) is 12.6 Å². The Morgan fingerprint density at radius 1 is 0.931 bits per heavy atom. The summed E-state index contributed by atoms with van der Waals surface area (Å²) in [5.41, 5.74) is 0.168. The Bertz CT molecular complexity index is 929. The van der Waals surface area contributed by atoms with Crippen LogP contribution in [0.4, 0.5) is 38.1 Å². The molecule has 2 N–H and O–H groups in total. The number of carbonyl (C=O) groups is 2. The summed E-state index contributed by atoms with van der Waals surface area (Å²) < 4.78 is 75.4. The summed E-state index contributed by atoms with van der Waals surface area (Å²) in [5.74, 6) is -6.47. The molecule has 6 nitrogen and oxygen atoms in total. The average molecular weight is 441 g/mol. The highest BCUT2D eigenvalue weighted by atomic mass is 35.5. The molecule has 0 fully saturated rings. The van der Waals surface area contributed by atoms with Gasteiger partial charge >= 0.3 is 24.2 Å². The van der Waals surface area contributed by atoms with Crippen LogP contribution in [0.15, 0.2) is 24.3 Å². The van der Waals surface area contributed by atoms with E-state index in [1.807, 2.05) is 0 Å². The largest absolute Gasteiger partial charge is 0.471 e. The van der Waals surface area contributed by atoms with E-state index in [1.165, 1.54) is 41.8 Å².